The van der Waals surface area contributed by atoms with Crippen LogP contribution in [0.15, 0.2) is 23.4 Å². The Balaban J connectivity index is 3.04. The number of ether oxygens (including phenoxy) is 2. The molecule has 0 radical (unpaired) electrons. The van der Waals surface area contributed by atoms with E-state index in [1.165, 1.54) is 0 Å². The molecule has 0 aliphatic carbocycles. The number of hydrogen-bond donors (Lipinski definition) is 0. The van der Waals surface area contributed by atoms with Gasteiger partial charge in [-0.15, -0.1) is 11.6 Å². The summed E-state index contributed by atoms with van der Waals surface area (Å²) in [6.07, 6.45) is 0. The van der Waals surface area contributed by atoms with Gasteiger partial charge in [0.05, 0.1) is 19.6 Å². The van der Waals surface area contributed by atoms with Crippen LogP contribution in [0, 0.1) is 4.91 Å². The number of methoxy groups -OCH3 is 1. The van der Waals surface area contributed by atoms with E-state index in [1.807, 2.05) is 6.92 Å². The molecule has 0 spiro atoms. The summed E-state index contributed by atoms with van der Waals surface area (Å²) in [6.45, 7) is 2.41. The Labute approximate surface area is 99.5 Å². The van der Waals surface area contributed by atoms with Gasteiger partial charge < -0.3 is 9.47 Å². The maximum Gasteiger partial charge on any atom is 0.161 e. The van der Waals surface area contributed by atoms with E-state index in [0.29, 0.717) is 18.1 Å². The minimum atomic E-state index is -0.549. The lowest BCUT2D eigenvalue weighted by Gasteiger charge is -2.12. The maximum absolute atomic E-state index is 10.6. The molecule has 1 atom stereocenters. The fourth-order valence-electron chi connectivity index (χ4n) is 1.35. The van der Waals surface area contributed by atoms with Gasteiger partial charge >= 0.3 is 0 Å². The Morgan fingerprint density at radius 3 is 2.69 bits per heavy atom. The van der Waals surface area contributed by atoms with E-state index in [2.05, 4.69) is 5.18 Å². The smallest absolute Gasteiger partial charge is 0.161 e. The summed E-state index contributed by atoms with van der Waals surface area (Å²) < 4.78 is 10.5. The molecule has 0 aliphatic heterocycles. The van der Waals surface area contributed by atoms with Crippen LogP contribution in [-0.2, 0) is 0 Å². The topological polar surface area (TPSA) is 47.9 Å². The zero-order valence-corrected chi connectivity index (χ0v) is 10.0. The summed E-state index contributed by atoms with van der Waals surface area (Å²) in [4.78, 5) is 10.6. The van der Waals surface area contributed by atoms with Gasteiger partial charge in [-0.05, 0) is 24.6 Å². The van der Waals surface area contributed by atoms with Gasteiger partial charge in [-0.25, -0.2) is 0 Å². The van der Waals surface area contributed by atoms with Crippen LogP contribution in [-0.4, -0.2) is 19.6 Å². The largest absolute Gasteiger partial charge is 0.493 e. The van der Waals surface area contributed by atoms with Crippen LogP contribution in [0.4, 0.5) is 0 Å². The number of nitrogens with zero attached hydrogens (tertiary/aromatic N) is 1. The highest BCUT2D eigenvalue weighted by molar-refractivity contribution is 6.18. The summed E-state index contributed by atoms with van der Waals surface area (Å²) >= 11 is 5.64. The lowest BCUT2D eigenvalue weighted by molar-refractivity contribution is 0.310. The predicted molar refractivity (Wildman–Crippen MR) is 63.4 cm³/mol. The van der Waals surface area contributed by atoms with Gasteiger partial charge in [0.15, 0.2) is 11.5 Å². The molecule has 1 aromatic carbocycles. The average Bonchev–Trinajstić information content (AvgIpc) is 2.31. The van der Waals surface area contributed by atoms with Gasteiger partial charge in [-0.3, -0.25) is 0 Å². The van der Waals surface area contributed by atoms with Crippen LogP contribution in [0.3, 0.4) is 0 Å². The van der Waals surface area contributed by atoms with Gasteiger partial charge in [0.1, 0.15) is 6.04 Å². The van der Waals surface area contributed by atoms with Gasteiger partial charge in [-0.1, -0.05) is 11.2 Å². The van der Waals surface area contributed by atoms with Crippen molar-refractivity contribution in [3.8, 4) is 11.5 Å². The summed E-state index contributed by atoms with van der Waals surface area (Å²) in [6, 6.07) is 4.68. The number of halogens is 1. The lowest BCUT2D eigenvalue weighted by Crippen LogP contribution is -2.00. The highest BCUT2D eigenvalue weighted by atomic mass is 35.5. The molecule has 4 nitrogen and oxygen atoms in total. The Morgan fingerprint density at radius 2 is 2.19 bits per heavy atom. The molecule has 1 aromatic rings. The van der Waals surface area contributed by atoms with Gasteiger partial charge in [0, 0.05) is 0 Å². The second-order valence-corrected chi connectivity index (χ2v) is 3.43. The highest BCUT2D eigenvalue weighted by Crippen LogP contribution is 2.31. The van der Waals surface area contributed by atoms with Crippen LogP contribution < -0.4 is 9.47 Å². The summed E-state index contributed by atoms with van der Waals surface area (Å²) in [5.41, 5.74) is 0.731. The van der Waals surface area contributed by atoms with Crippen molar-refractivity contribution in [1.82, 2.24) is 0 Å². The van der Waals surface area contributed by atoms with E-state index < -0.39 is 6.04 Å². The number of hydrogen-bond acceptors (Lipinski definition) is 4. The average molecular weight is 244 g/mol. The first-order valence-electron chi connectivity index (χ1n) is 4.96. The quantitative estimate of drug-likeness (QED) is 0.570. The molecule has 88 valence electrons. The minimum absolute atomic E-state index is 0.154. The molecule has 0 bridgehead atoms. The molecular weight excluding hydrogens is 230 g/mol. The lowest BCUT2D eigenvalue weighted by atomic mass is 10.1. The molecular formula is C11H14ClNO3. The zero-order chi connectivity index (χ0) is 12.0. The van der Waals surface area contributed by atoms with Crippen LogP contribution in [0.25, 0.3) is 0 Å². The Morgan fingerprint density at radius 1 is 1.44 bits per heavy atom. The van der Waals surface area contributed by atoms with Gasteiger partial charge in [-0.2, -0.15) is 4.91 Å². The van der Waals surface area contributed by atoms with Crippen molar-refractivity contribution < 1.29 is 9.47 Å². The van der Waals surface area contributed by atoms with Crippen molar-refractivity contribution in [2.24, 2.45) is 5.18 Å². The highest BCUT2D eigenvalue weighted by Gasteiger charge is 2.13. The third-order valence-electron chi connectivity index (χ3n) is 2.15. The molecule has 0 fully saturated rings. The third-order valence-corrected chi connectivity index (χ3v) is 2.44. The molecule has 0 aromatic heterocycles. The Bertz CT molecular complexity index is 357. The molecule has 1 unspecified atom stereocenters. The molecule has 0 N–H and O–H groups in total. The maximum atomic E-state index is 10.6. The first-order valence-corrected chi connectivity index (χ1v) is 5.49. The second-order valence-electron chi connectivity index (χ2n) is 3.12. The summed E-state index contributed by atoms with van der Waals surface area (Å²) in [7, 11) is 1.56. The van der Waals surface area contributed by atoms with Crippen LogP contribution in [0.5, 0.6) is 11.5 Å². The van der Waals surface area contributed by atoms with Crippen LogP contribution in [0.2, 0.25) is 0 Å². The normalized spacial score (nSPS) is 11.9. The van der Waals surface area contributed by atoms with E-state index >= 15 is 0 Å². The Hall–Kier alpha value is -1.29. The SMILES string of the molecule is CCOc1cc(C(CCl)N=O)ccc1OC. The number of alkyl halides is 1. The molecule has 0 heterocycles. The Kier molecular flexibility index (Phi) is 5.05. The predicted octanol–water partition coefficient (Wildman–Crippen LogP) is 3.14. The molecule has 0 amide bonds. The standard InChI is InChI=1S/C11H14ClNO3/c1-3-16-11-6-8(9(7-12)13-14)4-5-10(11)15-2/h4-6,9H,3,7H2,1-2H3. The summed E-state index contributed by atoms with van der Waals surface area (Å²) in [5, 5.41) is 2.96. The summed E-state index contributed by atoms with van der Waals surface area (Å²) in [5.74, 6) is 1.38. The molecule has 0 saturated carbocycles. The van der Waals surface area contributed by atoms with E-state index in [1.54, 1.807) is 25.3 Å². The van der Waals surface area contributed by atoms with Crippen LogP contribution in [0.1, 0.15) is 18.5 Å². The molecule has 1 rings (SSSR count). The molecule has 0 aliphatic rings. The van der Waals surface area contributed by atoms with Crippen molar-refractivity contribution >= 4 is 11.6 Å². The molecule has 5 heteroatoms. The molecule has 16 heavy (non-hydrogen) atoms. The monoisotopic (exact) mass is 243 g/mol. The van der Waals surface area contributed by atoms with Crippen molar-refractivity contribution in [3.63, 3.8) is 0 Å². The number of benzene rings is 1. The van der Waals surface area contributed by atoms with Crippen molar-refractivity contribution in [1.29, 1.82) is 0 Å². The first-order chi connectivity index (χ1) is 7.76. The van der Waals surface area contributed by atoms with E-state index in [-0.39, 0.29) is 5.88 Å². The van der Waals surface area contributed by atoms with E-state index in [9.17, 15) is 4.91 Å². The fraction of sp³-hybridized carbons (Fsp3) is 0.455. The minimum Gasteiger partial charge on any atom is -0.493 e. The van der Waals surface area contributed by atoms with Crippen molar-refractivity contribution in [3.05, 3.63) is 28.7 Å². The third kappa shape index (κ3) is 2.85. The van der Waals surface area contributed by atoms with Crippen molar-refractivity contribution in [2.45, 2.75) is 13.0 Å². The second kappa shape index (κ2) is 6.33. The van der Waals surface area contributed by atoms with Crippen molar-refractivity contribution in [2.75, 3.05) is 19.6 Å². The van der Waals surface area contributed by atoms with Gasteiger partial charge in [0.25, 0.3) is 0 Å². The number of rotatable bonds is 6. The van der Waals surface area contributed by atoms with Gasteiger partial charge in [0.2, 0.25) is 0 Å². The number of nitroso groups, excluding NO2 is 1. The zero-order valence-electron chi connectivity index (χ0n) is 9.27. The first kappa shape index (κ1) is 12.8. The van der Waals surface area contributed by atoms with E-state index in [4.69, 9.17) is 21.1 Å². The van der Waals surface area contributed by atoms with E-state index in [0.717, 1.165) is 5.56 Å². The van der Waals surface area contributed by atoms with Crippen LogP contribution >= 0.6 is 11.6 Å². The molecule has 0 saturated heterocycles. The fourth-order valence-corrected chi connectivity index (χ4v) is 1.58.